The van der Waals surface area contributed by atoms with Gasteiger partial charge in [0.05, 0.1) is 11.9 Å². The summed E-state index contributed by atoms with van der Waals surface area (Å²) in [6.07, 6.45) is 7.59. The van der Waals surface area contributed by atoms with Gasteiger partial charge in [0.1, 0.15) is 22.8 Å². The van der Waals surface area contributed by atoms with Crippen molar-refractivity contribution in [2.75, 3.05) is 13.1 Å². The topological polar surface area (TPSA) is 64.4 Å². The van der Waals surface area contributed by atoms with E-state index in [0.717, 1.165) is 54.0 Å². The summed E-state index contributed by atoms with van der Waals surface area (Å²) in [6, 6.07) is -0.668. The fourth-order valence-corrected chi connectivity index (χ4v) is 5.59. The first-order chi connectivity index (χ1) is 14.0. The summed E-state index contributed by atoms with van der Waals surface area (Å²) in [7, 11) is 0. The monoisotopic (exact) mass is 417 g/mol. The van der Waals surface area contributed by atoms with E-state index in [-0.39, 0.29) is 17.6 Å². The van der Waals surface area contributed by atoms with E-state index < -0.39 is 6.04 Å². The van der Waals surface area contributed by atoms with E-state index in [1.165, 1.54) is 19.3 Å². The highest BCUT2D eigenvalue weighted by Gasteiger charge is 2.28. The third-order valence-electron chi connectivity index (χ3n) is 6.44. The van der Waals surface area contributed by atoms with Crippen LogP contribution in [0.5, 0.6) is 0 Å². The molecule has 2 fully saturated rings. The maximum Gasteiger partial charge on any atom is 0.329 e. The van der Waals surface area contributed by atoms with Crippen molar-refractivity contribution in [2.45, 2.75) is 84.4 Å². The molecule has 0 N–H and O–H groups in total. The van der Waals surface area contributed by atoms with Crippen LogP contribution in [0.15, 0.2) is 4.79 Å². The van der Waals surface area contributed by atoms with E-state index >= 15 is 0 Å². The van der Waals surface area contributed by atoms with E-state index in [4.69, 9.17) is 9.72 Å². The van der Waals surface area contributed by atoms with Gasteiger partial charge in [0, 0.05) is 4.88 Å². The molecule has 2 aliphatic rings. The highest BCUT2D eigenvalue weighted by molar-refractivity contribution is 7.18. The molecule has 4 rings (SSSR count). The van der Waals surface area contributed by atoms with Gasteiger partial charge in [-0.05, 0) is 77.9 Å². The Morgan fingerprint density at radius 2 is 1.86 bits per heavy atom. The van der Waals surface area contributed by atoms with Crippen LogP contribution in [-0.4, -0.2) is 39.6 Å². The molecule has 1 saturated heterocycles. The molecule has 2 aromatic rings. The van der Waals surface area contributed by atoms with Crippen LogP contribution >= 0.6 is 11.3 Å². The van der Waals surface area contributed by atoms with Crippen molar-refractivity contribution in [2.24, 2.45) is 0 Å². The van der Waals surface area contributed by atoms with Gasteiger partial charge < -0.3 is 4.74 Å². The van der Waals surface area contributed by atoms with Crippen molar-refractivity contribution in [1.82, 2.24) is 14.5 Å². The van der Waals surface area contributed by atoms with Gasteiger partial charge in [-0.15, -0.1) is 11.3 Å². The maximum absolute atomic E-state index is 13.5. The molecule has 1 aliphatic carbocycles. The molecule has 158 valence electrons. The summed E-state index contributed by atoms with van der Waals surface area (Å²) in [6.45, 7) is 8.39. The molecule has 0 aromatic carbocycles. The molecule has 0 bridgehead atoms. The number of aromatic nitrogens is 2. The van der Waals surface area contributed by atoms with Crippen LogP contribution < -0.4 is 5.56 Å². The van der Waals surface area contributed by atoms with Crippen molar-refractivity contribution in [3.8, 4) is 0 Å². The van der Waals surface area contributed by atoms with E-state index in [1.54, 1.807) is 22.8 Å². The fraction of sp³-hybridized carbons (Fsp3) is 0.682. The van der Waals surface area contributed by atoms with Crippen LogP contribution in [0.25, 0.3) is 10.2 Å². The summed E-state index contributed by atoms with van der Waals surface area (Å²) < 4.78 is 7.40. The minimum Gasteiger partial charge on any atom is -0.461 e. The first-order valence-corrected chi connectivity index (χ1v) is 11.7. The van der Waals surface area contributed by atoms with E-state index in [2.05, 4.69) is 4.90 Å². The van der Waals surface area contributed by atoms with Gasteiger partial charge in [-0.3, -0.25) is 14.3 Å². The molecule has 0 amide bonds. The number of aryl methyl sites for hydroxylation is 2. The summed E-state index contributed by atoms with van der Waals surface area (Å²) in [5.41, 5.74) is 0.857. The zero-order valence-electron chi connectivity index (χ0n) is 17.7. The molecule has 1 atom stereocenters. The Bertz CT molecular complexity index is 952. The minimum atomic E-state index is -0.668. The molecule has 7 heteroatoms. The van der Waals surface area contributed by atoms with Gasteiger partial charge in [-0.1, -0.05) is 6.42 Å². The second kappa shape index (κ2) is 8.56. The molecule has 6 nitrogen and oxygen atoms in total. The number of ether oxygens (including phenoxy) is 1. The lowest BCUT2D eigenvalue weighted by Gasteiger charge is -2.25. The van der Waals surface area contributed by atoms with E-state index in [1.807, 2.05) is 13.8 Å². The van der Waals surface area contributed by atoms with Crippen LogP contribution in [0, 0.1) is 13.8 Å². The molecule has 0 radical (unpaired) electrons. The lowest BCUT2D eigenvalue weighted by Crippen LogP contribution is -2.36. The third kappa shape index (κ3) is 4.12. The van der Waals surface area contributed by atoms with Crippen LogP contribution in [0.1, 0.15) is 74.2 Å². The van der Waals surface area contributed by atoms with Crippen molar-refractivity contribution in [1.29, 1.82) is 0 Å². The predicted molar refractivity (Wildman–Crippen MR) is 116 cm³/mol. The second-order valence-corrected chi connectivity index (χ2v) is 9.73. The molecule has 1 saturated carbocycles. The molecule has 1 unspecified atom stereocenters. The number of carbonyl (C=O) groups excluding carboxylic acids is 1. The van der Waals surface area contributed by atoms with Gasteiger partial charge >= 0.3 is 5.97 Å². The number of hydrogen-bond acceptors (Lipinski definition) is 6. The van der Waals surface area contributed by atoms with Crippen LogP contribution in [-0.2, 0) is 16.1 Å². The quantitative estimate of drug-likeness (QED) is 0.685. The predicted octanol–water partition coefficient (Wildman–Crippen LogP) is 4.11. The fourth-order valence-electron chi connectivity index (χ4n) is 4.55. The highest BCUT2D eigenvalue weighted by Crippen LogP contribution is 2.28. The number of rotatable bonds is 5. The molecule has 29 heavy (non-hydrogen) atoms. The number of esters is 1. The zero-order chi connectivity index (χ0) is 20.5. The van der Waals surface area contributed by atoms with Gasteiger partial charge in [-0.2, -0.15) is 0 Å². The number of hydrogen-bond donors (Lipinski definition) is 0. The standard InChI is InChI=1S/C22H31N3O3S/c1-14-16(3)29-20-19(14)21(26)25(18(23-20)13-24-11-7-8-12-24)15(2)22(27)28-17-9-5-4-6-10-17/h15,17H,4-13H2,1-3H3. The van der Waals surface area contributed by atoms with Crippen molar-refractivity contribution < 1.29 is 9.53 Å². The Hall–Kier alpha value is -1.73. The van der Waals surface area contributed by atoms with E-state index in [0.29, 0.717) is 17.8 Å². The molecule has 0 spiro atoms. The Kier molecular flexibility index (Phi) is 6.06. The number of carbonyl (C=O) groups is 1. The Balaban J connectivity index is 1.71. The Morgan fingerprint density at radius 1 is 1.17 bits per heavy atom. The third-order valence-corrected chi connectivity index (χ3v) is 7.54. The summed E-state index contributed by atoms with van der Waals surface area (Å²) in [4.78, 5) is 35.5. The van der Waals surface area contributed by atoms with Crippen molar-refractivity contribution in [3.05, 3.63) is 26.6 Å². The van der Waals surface area contributed by atoms with Crippen LogP contribution in [0.3, 0.4) is 0 Å². The molecular formula is C22H31N3O3S. The van der Waals surface area contributed by atoms with E-state index in [9.17, 15) is 9.59 Å². The smallest absolute Gasteiger partial charge is 0.329 e. The lowest BCUT2D eigenvalue weighted by molar-refractivity contribution is -0.154. The lowest BCUT2D eigenvalue weighted by atomic mass is 9.98. The average molecular weight is 418 g/mol. The maximum atomic E-state index is 13.5. The second-order valence-electron chi connectivity index (χ2n) is 8.52. The molecule has 2 aromatic heterocycles. The molecule has 1 aliphatic heterocycles. The van der Waals surface area contributed by atoms with Gasteiger partial charge in [0.15, 0.2) is 0 Å². The summed E-state index contributed by atoms with van der Waals surface area (Å²) in [5, 5.41) is 0.648. The summed E-state index contributed by atoms with van der Waals surface area (Å²) >= 11 is 1.56. The van der Waals surface area contributed by atoms with Crippen molar-refractivity contribution >= 4 is 27.5 Å². The Labute approximate surface area is 175 Å². The SMILES string of the molecule is Cc1sc2nc(CN3CCCC3)n(C(C)C(=O)OC3CCCCC3)c(=O)c2c1C. The number of thiophene rings is 1. The first kappa shape index (κ1) is 20.5. The van der Waals surface area contributed by atoms with Gasteiger partial charge in [0.2, 0.25) is 0 Å². The zero-order valence-corrected chi connectivity index (χ0v) is 18.5. The summed E-state index contributed by atoms with van der Waals surface area (Å²) in [5.74, 6) is 0.367. The first-order valence-electron chi connectivity index (χ1n) is 10.9. The number of likely N-dealkylation sites (tertiary alicyclic amines) is 1. The van der Waals surface area contributed by atoms with Crippen LogP contribution in [0.4, 0.5) is 0 Å². The minimum absolute atomic E-state index is 0.0155. The average Bonchev–Trinajstić information content (AvgIpc) is 3.30. The molecule has 3 heterocycles. The normalized spacial score (nSPS) is 19.7. The number of nitrogens with zero attached hydrogens (tertiary/aromatic N) is 3. The van der Waals surface area contributed by atoms with Crippen LogP contribution in [0.2, 0.25) is 0 Å². The van der Waals surface area contributed by atoms with Crippen molar-refractivity contribution in [3.63, 3.8) is 0 Å². The Morgan fingerprint density at radius 3 is 2.55 bits per heavy atom. The van der Waals surface area contributed by atoms with Gasteiger partial charge in [-0.25, -0.2) is 9.78 Å². The molecular weight excluding hydrogens is 386 g/mol. The number of fused-ring (bicyclic) bond motifs is 1. The van der Waals surface area contributed by atoms with Gasteiger partial charge in [0.25, 0.3) is 5.56 Å². The largest absolute Gasteiger partial charge is 0.461 e. The highest BCUT2D eigenvalue weighted by atomic mass is 32.1.